The lowest BCUT2D eigenvalue weighted by Gasteiger charge is -2.15. The van der Waals surface area contributed by atoms with Crippen molar-refractivity contribution in [3.05, 3.63) is 35.9 Å². The zero-order chi connectivity index (χ0) is 13.7. The molecule has 1 aliphatic carbocycles. The second kappa shape index (κ2) is 6.68. The van der Waals surface area contributed by atoms with Crippen LogP contribution in [0, 0.1) is 5.92 Å². The van der Waals surface area contributed by atoms with Gasteiger partial charge in [-0.15, -0.1) is 0 Å². The number of ether oxygens (including phenoxy) is 1. The number of aliphatic hydroxyl groups is 1. The maximum atomic E-state index is 11.8. The van der Waals surface area contributed by atoms with E-state index in [0.717, 1.165) is 18.4 Å². The molecule has 0 radical (unpaired) electrons. The summed E-state index contributed by atoms with van der Waals surface area (Å²) >= 11 is 0. The van der Waals surface area contributed by atoms with E-state index in [1.807, 2.05) is 30.3 Å². The van der Waals surface area contributed by atoms with Crippen molar-refractivity contribution in [2.24, 2.45) is 5.92 Å². The molecule has 2 atom stereocenters. The van der Waals surface area contributed by atoms with Crippen LogP contribution in [-0.2, 0) is 16.1 Å². The first kappa shape index (κ1) is 14.0. The van der Waals surface area contributed by atoms with E-state index in [9.17, 15) is 9.90 Å². The zero-order valence-corrected chi connectivity index (χ0v) is 11.2. The minimum atomic E-state index is -0.508. The van der Waals surface area contributed by atoms with E-state index in [1.165, 1.54) is 0 Å². The fourth-order valence-corrected chi connectivity index (χ4v) is 1.87. The van der Waals surface area contributed by atoms with Gasteiger partial charge < -0.3 is 15.2 Å². The first-order valence-electron chi connectivity index (χ1n) is 6.78. The molecule has 1 amide bonds. The Morgan fingerprint density at radius 2 is 2.11 bits per heavy atom. The van der Waals surface area contributed by atoms with Crippen LogP contribution in [0.3, 0.4) is 0 Å². The van der Waals surface area contributed by atoms with Crippen molar-refractivity contribution in [3.8, 4) is 0 Å². The molecule has 1 aromatic rings. The van der Waals surface area contributed by atoms with Crippen LogP contribution in [0.4, 0.5) is 0 Å². The van der Waals surface area contributed by atoms with Crippen molar-refractivity contribution in [2.75, 3.05) is 6.54 Å². The number of carbonyl (C=O) groups is 1. The SMILES string of the molecule is CC(OCc1ccccc1)C(=O)NCC(O)C1CC1. The summed E-state index contributed by atoms with van der Waals surface area (Å²) in [7, 11) is 0. The predicted octanol–water partition coefficient (Wildman–Crippen LogP) is 1.48. The summed E-state index contributed by atoms with van der Waals surface area (Å²) < 4.78 is 5.50. The lowest BCUT2D eigenvalue weighted by atomic mass is 10.2. The number of rotatable bonds is 7. The van der Waals surface area contributed by atoms with E-state index in [0.29, 0.717) is 19.1 Å². The Hall–Kier alpha value is -1.39. The van der Waals surface area contributed by atoms with E-state index < -0.39 is 12.2 Å². The van der Waals surface area contributed by atoms with Crippen molar-refractivity contribution in [1.82, 2.24) is 5.32 Å². The lowest BCUT2D eigenvalue weighted by molar-refractivity contribution is -0.133. The van der Waals surface area contributed by atoms with Gasteiger partial charge in [0.15, 0.2) is 0 Å². The quantitative estimate of drug-likeness (QED) is 0.783. The molecule has 2 N–H and O–H groups in total. The molecule has 0 saturated heterocycles. The van der Waals surface area contributed by atoms with Gasteiger partial charge in [0.25, 0.3) is 0 Å². The van der Waals surface area contributed by atoms with Crippen molar-refractivity contribution < 1.29 is 14.6 Å². The van der Waals surface area contributed by atoms with Gasteiger partial charge in [0.05, 0.1) is 12.7 Å². The summed E-state index contributed by atoms with van der Waals surface area (Å²) in [4.78, 5) is 11.8. The summed E-state index contributed by atoms with van der Waals surface area (Å²) in [6.07, 6.45) is 1.21. The first-order chi connectivity index (χ1) is 9.16. The van der Waals surface area contributed by atoms with Crippen LogP contribution in [0.15, 0.2) is 30.3 Å². The Morgan fingerprint density at radius 3 is 2.74 bits per heavy atom. The average molecular weight is 263 g/mol. The van der Waals surface area contributed by atoms with Gasteiger partial charge in [0, 0.05) is 6.54 Å². The van der Waals surface area contributed by atoms with Gasteiger partial charge in [-0.25, -0.2) is 0 Å². The lowest BCUT2D eigenvalue weighted by Crippen LogP contribution is -2.39. The average Bonchev–Trinajstić information content (AvgIpc) is 3.27. The molecule has 1 saturated carbocycles. The molecule has 1 aromatic carbocycles. The number of amides is 1. The maximum Gasteiger partial charge on any atom is 0.248 e. The van der Waals surface area contributed by atoms with Crippen LogP contribution in [0.25, 0.3) is 0 Å². The Morgan fingerprint density at radius 1 is 1.42 bits per heavy atom. The molecule has 4 heteroatoms. The summed E-state index contributed by atoms with van der Waals surface area (Å²) in [5.74, 6) is 0.205. The molecule has 2 rings (SSSR count). The van der Waals surface area contributed by atoms with Crippen molar-refractivity contribution in [2.45, 2.75) is 38.6 Å². The second-order valence-corrected chi connectivity index (χ2v) is 5.09. The molecule has 0 bridgehead atoms. The van der Waals surface area contributed by atoms with Crippen LogP contribution >= 0.6 is 0 Å². The van der Waals surface area contributed by atoms with Crippen LogP contribution in [0.2, 0.25) is 0 Å². The summed E-state index contributed by atoms with van der Waals surface area (Å²) in [5, 5.41) is 12.4. The van der Waals surface area contributed by atoms with Crippen LogP contribution < -0.4 is 5.32 Å². The molecule has 2 unspecified atom stereocenters. The number of hydrogen-bond donors (Lipinski definition) is 2. The highest BCUT2D eigenvalue weighted by Gasteiger charge is 2.30. The Labute approximate surface area is 113 Å². The molecule has 0 aromatic heterocycles. The van der Waals surface area contributed by atoms with E-state index in [2.05, 4.69) is 5.32 Å². The van der Waals surface area contributed by atoms with Gasteiger partial charge in [-0.3, -0.25) is 4.79 Å². The molecule has 1 fully saturated rings. The fraction of sp³-hybridized carbons (Fsp3) is 0.533. The van der Waals surface area contributed by atoms with Gasteiger partial charge in [0.1, 0.15) is 6.10 Å². The normalized spacial score (nSPS) is 17.8. The Balaban J connectivity index is 1.67. The van der Waals surface area contributed by atoms with Crippen LogP contribution in [-0.4, -0.2) is 29.8 Å². The fourth-order valence-electron chi connectivity index (χ4n) is 1.87. The van der Waals surface area contributed by atoms with Crippen LogP contribution in [0.1, 0.15) is 25.3 Å². The van der Waals surface area contributed by atoms with Gasteiger partial charge >= 0.3 is 0 Å². The second-order valence-electron chi connectivity index (χ2n) is 5.09. The summed E-state index contributed by atoms with van der Waals surface area (Å²) in [6.45, 7) is 2.46. The molecule has 0 spiro atoms. The molecule has 4 nitrogen and oxygen atoms in total. The summed E-state index contributed by atoms with van der Waals surface area (Å²) in [6, 6.07) is 9.74. The third-order valence-corrected chi connectivity index (χ3v) is 3.36. The molecular weight excluding hydrogens is 242 g/mol. The van der Waals surface area contributed by atoms with E-state index in [4.69, 9.17) is 4.74 Å². The number of hydrogen-bond acceptors (Lipinski definition) is 3. The zero-order valence-electron chi connectivity index (χ0n) is 11.2. The molecular formula is C15H21NO3. The smallest absolute Gasteiger partial charge is 0.248 e. The largest absolute Gasteiger partial charge is 0.391 e. The van der Waals surface area contributed by atoms with Gasteiger partial charge in [-0.05, 0) is 31.2 Å². The molecule has 104 valence electrons. The minimum absolute atomic E-state index is 0.171. The molecule has 19 heavy (non-hydrogen) atoms. The van der Waals surface area contributed by atoms with E-state index >= 15 is 0 Å². The number of benzene rings is 1. The summed E-state index contributed by atoms with van der Waals surface area (Å²) in [5.41, 5.74) is 1.04. The van der Waals surface area contributed by atoms with E-state index in [1.54, 1.807) is 6.92 Å². The van der Waals surface area contributed by atoms with Crippen molar-refractivity contribution in [1.29, 1.82) is 0 Å². The third kappa shape index (κ3) is 4.65. The number of nitrogens with one attached hydrogen (secondary N) is 1. The minimum Gasteiger partial charge on any atom is -0.391 e. The highest BCUT2D eigenvalue weighted by Crippen LogP contribution is 2.32. The number of carbonyl (C=O) groups excluding carboxylic acids is 1. The molecule has 0 heterocycles. The van der Waals surface area contributed by atoms with Crippen molar-refractivity contribution >= 4 is 5.91 Å². The maximum absolute atomic E-state index is 11.8. The van der Waals surface area contributed by atoms with Gasteiger partial charge in [-0.2, -0.15) is 0 Å². The first-order valence-corrected chi connectivity index (χ1v) is 6.78. The Kier molecular flexibility index (Phi) is 4.93. The highest BCUT2D eigenvalue weighted by atomic mass is 16.5. The Bertz CT molecular complexity index is 403. The van der Waals surface area contributed by atoms with Gasteiger partial charge in [-0.1, -0.05) is 30.3 Å². The molecule has 0 aliphatic heterocycles. The molecule has 1 aliphatic rings. The monoisotopic (exact) mass is 263 g/mol. The third-order valence-electron chi connectivity index (χ3n) is 3.36. The van der Waals surface area contributed by atoms with Gasteiger partial charge in [0.2, 0.25) is 5.91 Å². The standard InChI is InChI=1S/C15H21NO3/c1-11(19-10-12-5-3-2-4-6-12)15(18)16-9-14(17)13-7-8-13/h2-6,11,13-14,17H,7-10H2,1H3,(H,16,18). The van der Waals surface area contributed by atoms with Crippen LogP contribution in [0.5, 0.6) is 0 Å². The van der Waals surface area contributed by atoms with E-state index in [-0.39, 0.29) is 5.91 Å². The number of aliphatic hydroxyl groups excluding tert-OH is 1. The van der Waals surface area contributed by atoms with Crippen molar-refractivity contribution in [3.63, 3.8) is 0 Å². The topological polar surface area (TPSA) is 58.6 Å². The highest BCUT2D eigenvalue weighted by molar-refractivity contribution is 5.80. The predicted molar refractivity (Wildman–Crippen MR) is 72.4 cm³/mol.